The molecule has 2 rings (SSSR count). The third-order valence-corrected chi connectivity index (χ3v) is 3.88. The van der Waals surface area contributed by atoms with E-state index in [4.69, 9.17) is 0 Å². The van der Waals surface area contributed by atoms with Gasteiger partial charge in [0.2, 0.25) is 0 Å². The van der Waals surface area contributed by atoms with E-state index in [1.807, 2.05) is 11.8 Å². The molecular weight excluding hydrogens is 196 g/mol. The van der Waals surface area contributed by atoms with Crippen LogP contribution < -0.4 is 0 Å². The molecule has 14 heavy (non-hydrogen) atoms. The van der Waals surface area contributed by atoms with Crippen molar-refractivity contribution in [3.05, 3.63) is 17.7 Å². The minimum Gasteiger partial charge on any atom is -0.339 e. The van der Waals surface area contributed by atoms with Gasteiger partial charge in [-0.1, -0.05) is 6.92 Å². The SMILES string of the molecule is CC1(c2ncc(C=O)[nH]2)CCSCC1. The molecule has 4 heteroatoms. The molecule has 1 N–H and O–H groups in total. The maximum absolute atomic E-state index is 10.5. The summed E-state index contributed by atoms with van der Waals surface area (Å²) in [5.74, 6) is 3.35. The summed E-state index contributed by atoms with van der Waals surface area (Å²) >= 11 is 1.99. The predicted molar refractivity (Wildman–Crippen MR) is 57.9 cm³/mol. The maximum atomic E-state index is 10.5. The fourth-order valence-corrected chi connectivity index (χ4v) is 3.15. The van der Waals surface area contributed by atoms with Crippen LogP contribution in [0.1, 0.15) is 36.1 Å². The van der Waals surface area contributed by atoms with Crippen molar-refractivity contribution in [2.24, 2.45) is 0 Å². The molecule has 1 aromatic rings. The zero-order valence-corrected chi connectivity index (χ0v) is 9.06. The van der Waals surface area contributed by atoms with E-state index in [0.29, 0.717) is 5.69 Å². The molecule has 0 aromatic carbocycles. The van der Waals surface area contributed by atoms with Crippen LogP contribution in [-0.4, -0.2) is 27.8 Å². The van der Waals surface area contributed by atoms with Crippen molar-refractivity contribution >= 4 is 18.0 Å². The molecule has 76 valence electrons. The molecule has 1 aromatic heterocycles. The molecule has 1 aliphatic rings. The number of rotatable bonds is 2. The summed E-state index contributed by atoms with van der Waals surface area (Å²) in [6, 6.07) is 0. The second kappa shape index (κ2) is 3.77. The van der Waals surface area contributed by atoms with Crippen LogP contribution >= 0.6 is 11.8 Å². The largest absolute Gasteiger partial charge is 0.339 e. The smallest absolute Gasteiger partial charge is 0.167 e. The number of aldehydes is 1. The Labute approximate surface area is 87.7 Å². The van der Waals surface area contributed by atoms with Gasteiger partial charge in [0.25, 0.3) is 0 Å². The second-order valence-corrected chi connectivity index (χ2v) is 5.20. The Morgan fingerprint density at radius 2 is 2.29 bits per heavy atom. The highest BCUT2D eigenvalue weighted by Crippen LogP contribution is 2.35. The van der Waals surface area contributed by atoms with Crippen LogP contribution in [0.4, 0.5) is 0 Å². The van der Waals surface area contributed by atoms with Crippen LogP contribution in [0, 0.1) is 0 Å². The van der Waals surface area contributed by atoms with Crippen LogP contribution in [0.2, 0.25) is 0 Å². The predicted octanol–water partition coefficient (Wildman–Crippen LogP) is 2.01. The standard InChI is InChI=1S/C10H14N2OS/c1-10(2-4-14-5-3-10)9-11-6-8(7-13)12-9/h6-7H,2-5H2,1H3,(H,11,12). The lowest BCUT2D eigenvalue weighted by atomic mass is 9.83. The molecule has 1 fully saturated rings. The minimum atomic E-state index is 0.145. The second-order valence-electron chi connectivity index (χ2n) is 3.98. The van der Waals surface area contributed by atoms with Gasteiger partial charge >= 0.3 is 0 Å². The van der Waals surface area contributed by atoms with Crippen LogP contribution in [0.5, 0.6) is 0 Å². The molecule has 0 unspecified atom stereocenters. The van der Waals surface area contributed by atoms with Gasteiger partial charge in [0, 0.05) is 5.41 Å². The highest BCUT2D eigenvalue weighted by molar-refractivity contribution is 7.99. The van der Waals surface area contributed by atoms with Gasteiger partial charge in [-0.2, -0.15) is 11.8 Å². The Morgan fingerprint density at radius 3 is 2.86 bits per heavy atom. The third kappa shape index (κ3) is 1.71. The first-order chi connectivity index (χ1) is 6.74. The number of nitrogens with zero attached hydrogens (tertiary/aromatic N) is 1. The van der Waals surface area contributed by atoms with Gasteiger partial charge in [0.05, 0.1) is 11.9 Å². The number of imidazole rings is 1. The number of nitrogens with one attached hydrogen (secondary N) is 1. The molecule has 0 saturated carbocycles. The normalized spacial score (nSPS) is 20.6. The van der Waals surface area contributed by atoms with Crippen molar-refractivity contribution in [1.82, 2.24) is 9.97 Å². The fourth-order valence-electron chi connectivity index (χ4n) is 1.76. The summed E-state index contributed by atoms with van der Waals surface area (Å²) < 4.78 is 0. The van der Waals surface area contributed by atoms with Gasteiger partial charge in [-0.3, -0.25) is 4.79 Å². The topological polar surface area (TPSA) is 45.8 Å². The van der Waals surface area contributed by atoms with Crippen molar-refractivity contribution in [2.75, 3.05) is 11.5 Å². The van der Waals surface area contributed by atoms with Gasteiger partial charge in [-0.25, -0.2) is 4.98 Å². The summed E-state index contributed by atoms with van der Waals surface area (Å²) in [6.07, 6.45) is 4.72. The van der Waals surface area contributed by atoms with E-state index >= 15 is 0 Å². The van der Waals surface area contributed by atoms with E-state index in [9.17, 15) is 4.79 Å². The Morgan fingerprint density at radius 1 is 1.57 bits per heavy atom. The summed E-state index contributed by atoms with van der Waals surface area (Å²) in [7, 11) is 0. The lowest BCUT2D eigenvalue weighted by Gasteiger charge is -2.31. The number of H-pyrrole nitrogens is 1. The Bertz CT molecular complexity index is 329. The number of aromatic nitrogens is 2. The molecule has 1 aliphatic heterocycles. The molecule has 0 radical (unpaired) electrons. The first kappa shape index (κ1) is 9.77. The highest BCUT2D eigenvalue weighted by atomic mass is 32.2. The highest BCUT2D eigenvalue weighted by Gasteiger charge is 2.31. The number of carbonyl (C=O) groups is 1. The maximum Gasteiger partial charge on any atom is 0.167 e. The van der Waals surface area contributed by atoms with Crippen LogP contribution in [0.3, 0.4) is 0 Å². The van der Waals surface area contributed by atoms with Gasteiger partial charge in [0.15, 0.2) is 6.29 Å². The van der Waals surface area contributed by atoms with E-state index in [1.165, 1.54) is 11.5 Å². The lowest BCUT2D eigenvalue weighted by Crippen LogP contribution is -2.28. The van der Waals surface area contributed by atoms with E-state index in [0.717, 1.165) is 25.0 Å². The molecule has 0 atom stereocenters. The zero-order chi connectivity index (χ0) is 10.0. The summed E-state index contributed by atoms with van der Waals surface area (Å²) in [5, 5.41) is 0. The molecule has 0 aliphatic carbocycles. The van der Waals surface area contributed by atoms with Gasteiger partial charge in [-0.15, -0.1) is 0 Å². The molecule has 0 bridgehead atoms. The van der Waals surface area contributed by atoms with E-state index in [1.54, 1.807) is 6.20 Å². The van der Waals surface area contributed by atoms with Crippen molar-refractivity contribution in [2.45, 2.75) is 25.2 Å². The number of hydrogen-bond donors (Lipinski definition) is 1. The van der Waals surface area contributed by atoms with Crippen molar-refractivity contribution in [3.8, 4) is 0 Å². The quantitative estimate of drug-likeness (QED) is 0.759. The van der Waals surface area contributed by atoms with Crippen LogP contribution in [-0.2, 0) is 5.41 Å². The van der Waals surface area contributed by atoms with Crippen molar-refractivity contribution < 1.29 is 4.79 Å². The average molecular weight is 210 g/mol. The number of hydrogen-bond acceptors (Lipinski definition) is 3. The van der Waals surface area contributed by atoms with Crippen LogP contribution in [0.15, 0.2) is 6.20 Å². The number of thioether (sulfide) groups is 1. The molecule has 0 amide bonds. The lowest BCUT2D eigenvalue weighted by molar-refractivity contribution is 0.111. The first-order valence-electron chi connectivity index (χ1n) is 4.83. The fraction of sp³-hybridized carbons (Fsp3) is 0.600. The van der Waals surface area contributed by atoms with E-state index in [-0.39, 0.29) is 5.41 Å². The van der Waals surface area contributed by atoms with E-state index < -0.39 is 0 Å². The average Bonchev–Trinajstić information content (AvgIpc) is 2.67. The summed E-state index contributed by atoms with van der Waals surface area (Å²) in [4.78, 5) is 17.9. The minimum absolute atomic E-state index is 0.145. The zero-order valence-electron chi connectivity index (χ0n) is 8.25. The van der Waals surface area contributed by atoms with Crippen molar-refractivity contribution in [1.29, 1.82) is 0 Å². The Balaban J connectivity index is 2.23. The number of carbonyl (C=O) groups excluding carboxylic acids is 1. The number of aromatic amines is 1. The van der Waals surface area contributed by atoms with Gasteiger partial charge in [0.1, 0.15) is 5.82 Å². The molecule has 0 spiro atoms. The Kier molecular flexibility index (Phi) is 2.63. The summed E-state index contributed by atoms with van der Waals surface area (Å²) in [5.41, 5.74) is 0.728. The van der Waals surface area contributed by atoms with Crippen molar-refractivity contribution in [3.63, 3.8) is 0 Å². The molecule has 3 nitrogen and oxygen atoms in total. The van der Waals surface area contributed by atoms with E-state index in [2.05, 4.69) is 16.9 Å². The van der Waals surface area contributed by atoms with Gasteiger partial charge in [-0.05, 0) is 24.3 Å². The summed E-state index contributed by atoms with van der Waals surface area (Å²) in [6.45, 7) is 2.22. The van der Waals surface area contributed by atoms with Crippen LogP contribution in [0.25, 0.3) is 0 Å². The molecular formula is C10H14N2OS. The monoisotopic (exact) mass is 210 g/mol. The third-order valence-electron chi connectivity index (χ3n) is 2.89. The molecule has 1 saturated heterocycles. The van der Waals surface area contributed by atoms with Gasteiger partial charge < -0.3 is 4.98 Å². The first-order valence-corrected chi connectivity index (χ1v) is 5.98. The Hall–Kier alpha value is -0.770. The molecule has 2 heterocycles.